The fourth-order valence-electron chi connectivity index (χ4n) is 2.95. The molecule has 0 bridgehead atoms. The minimum absolute atomic E-state index is 0.00839. The van der Waals surface area contributed by atoms with E-state index in [9.17, 15) is 17.6 Å². The zero-order valence-electron chi connectivity index (χ0n) is 18.0. The molecule has 35 heavy (non-hydrogen) atoms. The molecule has 0 spiro atoms. The lowest BCUT2D eigenvalue weighted by molar-refractivity contribution is -0.154. The first-order chi connectivity index (χ1) is 16.9. The van der Waals surface area contributed by atoms with Gasteiger partial charge in [0, 0.05) is 11.4 Å². The summed E-state index contributed by atoms with van der Waals surface area (Å²) >= 11 is 0. The van der Waals surface area contributed by atoms with Gasteiger partial charge in [-0.15, -0.1) is 0 Å². The van der Waals surface area contributed by atoms with E-state index in [2.05, 4.69) is 25.5 Å². The molecule has 0 amide bonds. The van der Waals surface area contributed by atoms with Crippen molar-refractivity contribution in [2.24, 2.45) is 5.10 Å². The number of para-hydroxylation sites is 2. The molecule has 0 aliphatic heterocycles. The number of nitrogens with one attached hydrogen (secondary N) is 1. The number of ether oxygens (including phenoxy) is 1. The molecule has 0 saturated heterocycles. The molecule has 1 heterocycles. The van der Waals surface area contributed by atoms with E-state index < -0.39 is 24.6 Å². The smallest absolute Gasteiger partial charge is 0.422 e. The normalized spacial score (nSPS) is 11.4. The number of nitrogens with zero attached hydrogens (tertiary/aromatic N) is 5. The fraction of sp³-hybridized carbons (Fsp3) is 0.0833. The number of aromatic nitrogens is 3. The highest BCUT2D eigenvalue weighted by molar-refractivity contribution is 5.80. The minimum Gasteiger partial charge on any atom is -0.454 e. The van der Waals surface area contributed by atoms with Gasteiger partial charge in [0.05, 0.1) is 6.21 Å². The average Bonchev–Trinajstić information content (AvgIpc) is 2.85. The lowest BCUT2D eigenvalue weighted by Gasteiger charge is -2.23. The first-order valence-corrected chi connectivity index (χ1v) is 10.3. The largest absolute Gasteiger partial charge is 0.454 e. The quantitative estimate of drug-likeness (QED) is 0.192. The standard InChI is InChI=1S/C24H18F4N6O/c25-18-13-11-17(12-14-18)15-29-33-21-30-22(32-23(31-21)35-16-24(26,27)28)34(19-7-3-1-4-8-19)20-9-5-2-6-10-20/h1-15H,16H2,(H,30,31,32,33)/b29-15-. The third-order valence-electron chi connectivity index (χ3n) is 4.44. The SMILES string of the molecule is Fc1ccc(/C=N\Nc2nc(OCC(F)(F)F)nc(N(c3ccccc3)c3ccccc3)n2)cc1. The highest BCUT2D eigenvalue weighted by Gasteiger charge is 2.29. The molecule has 1 aromatic heterocycles. The molecule has 0 atom stereocenters. The first kappa shape index (κ1) is 23.6. The second kappa shape index (κ2) is 10.6. The average molecular weight is 482 g/mol. The number of benzene rings is 3. The van der Waals surface area contributed by atoms with E-state index in [0.29, 0.717) is 16.9 Å². The van der Waals surface area contributed by atoms with Crippen LogP contribution >= 0.6 is 0 Å². The van der Waals surface area contributed by atoms with E-state index in [1.54, 1.807) is 53.4 Å². The molecule has 7 nitrogen and oxygen atoms in total. The summed E-state index contributed by atoms with van der Waals surface area (Å²) in [6, 6.07) is 23.1. The number of hydrogen-bond acceptors (Lipinski definition) is 7. The van der Waals surface area contributed by atoms with E-state index in [4.69, 9.17) is 4.74 Å². The molecule has 3 aromatic carbocycles. The Bertz CT molecular complexity index is 1230. The summed E-state index contributed by atoms with van der Waals surface area (Å²) in [4.78, 5) is 14.0. The van der Waals surface area contributed by atoms with Gasteiger partial charge in [0.2, 0.25) is 5.95 Å². The predicted octanol–water partition coefficient (Wildman–Crippen LogP) is 5.87. The predicted molar refractivity (Wildman–Crippen MR) is 124 cm³/mol. The summed E-state index contributed by atoms with van der Waals surface area (Å²) in [6.45, 7) is -1.58. The maximum Gasteiger partial charge on any atom is 0.422 e. The van der Waals surface area contributed by atoms with Gasteiger partial charge in [0.25, 0.3) is 5.95 Å². The third-order valence-corrected chi connectivity index (χ3v) is 4.44. The zero-order chi connectivity index (χ0) is 24.7. The first-order valence-electron chi connectivity index (χ1n) is 10.3. The van der Waals surface area contributed by atoms with Crippen LogP contribution in [-0.4, -0.2) is 33.9 Å². The van der Waals surface area contributed by atoms with Crippen LogP contribution in [0.5, 0.6) is 6.01 Å². The Morgan fingerprint density at radius 2 is 1.43 bits per heavy atom. The third kappa shape index (κ3) is 6.73. The van der Waals surface area contributed by atoms with Gasteiger partial charge in [0.1, 0.15) is 5.82 Å². The second-order valence-corrected chi connectivity index (χ2v) is 7.07. The summed E-state index contributed by atoms with van der Waals surface area (Å²) in [6.07, 6.45) is -3.20. The lowest BCUT2D eigenvalue weighted by Crippen LogP contribution is -2.21. The van der Waals surface area contributed by atoms with E-state index >= 15 is 0 Å². The van der Waals surface area contributed by atoms with Crippen molar-refractivity contribution in [2.75, 3.05) is 16.9 Å². The van der Waals surface area contributed by atoms with Crippen LogP contribution < -0.4 is 15.1 Å². The van der Waals surface area contributed by atoms with Crippen molar-refractivity contribution in [3.8, 4) is 6.01 Å². The van der Waals surface area contributed by atoms with Gasteiger partial charge in [-0.1, -0.05) is 48.5 Å². The van der Waals surface area contributed by atoms with Gasteiger partial charge >= 0.3 is 12.2 Å². The molecule has 4 aromatic rings. The summed E-state index contributed by atoms with van der Waals surface area (Å²) in [5, 5.41) is 3.99. The van der Waals surface area contributed by atoms with Gasteiger partial charge in [0.15, 0.2) is 6.61 Å². The van der Waals surface area contributed by atoms with E-state index in [1.807, 2.05) is 12.1 Å². The maximum absolute atomic E-state index is 13.1. The van der Waals surface area contributed by atoms with Crippen LogP contribution in [-0.2, 0) is 0 Å². The van der Waals surface area contributed by atoms with Gasteiger partial charge in [-0.05, 0) is 42.0 Å². The van der Waals surface area contributed by atoms with Crippen LogP contribution in [0.2, 0.25) is 0 Å². The van der Waals surface area contributed by atoms with Crippen molar-refractivity contribution in [1.82, 2.24) is 15.0 Å². The minimum atomic E-state index is -4.58. The summed E-state index contributed by atoms with van der Waals surface area (Å²) in [5.41, 5.74) is 4.47. The van der Waals surface area contributed by atoms with Crippen molar-refractivity contribution < 1.29 is 22.3 Å². The van der Waals surface area contributed by atoms with Crippen molar-refractivity contribution in [2.45, 2.75) is 6.18 Å². The maximum atomic E-state index is 13.1. The molecule has 0 fully saturated rings. The van der Waals surface area contributed by atoms with Crippen LogP contribution in [0, 0.1) is 5.82 Å². The Morgan fingerprint density at radius 1 is 0.829 bits per heavy atom. The summed E-state index contributed by atoms with van der Waals surface area (Å²) in [7, 11) is 0. The van der Waals surface area contributed by atoms with Gasteiger partial charge in [-0.2, -0.15) is 33.2 Å². The van der Waals surface area contributed by atoms with Crippen LogP contribution in [0.4, 0.5) is 40.8 Å². The second-order valence-electron chi connectivity index (χ2n) is 7.07. The Morgan fingerprint density at radius 3 is 2.00 bits per heavy atom. The summed E-state index contributed by atoms with van der Waals surface area (Å²) < 4.78 is 56.2. The number of hydrazone groups is 1. The van der Waals surface area contributed by atoms with Crippen molar-refractivity contribution in [3.05, 3.63) is 96.3 Å². The zero-order valence-corrected chi connectivity index (χ0v) is 18.0. The van der Waals surface area contributed by atoms with Gasteiger partial charge < -0.3 is 4.74 Å². The molecular formula is C24H18F4N6O. The molecular weight excluding hydrogens is 464 g/mol. The van der Waals surface area contributed by atoms with E-state index in [0.717, 1.165) is 0 Å². The summed E-state index contributed by atoms with van der Waals surface area (Å²) in [5.74, 6) is -0.540. The molecule has 0 aliphatic rings. The Balaban J connectivity index is 1.71. The highest BCUT2D eigenvalue weighted by Crippen LogP contribution is 2.33. The molecule has 0 saturated carbocycles. The van der Waals surface area contributed by atoms with Crippen molar-refractivity contribution >= 4 is 29.5 Å². The Kier molecular flexibility index (Phi) is 7.15. The molecule has 0 aliphatic carbocycles. The van der Waals surface area contributed by atoms with E-state index in [1.165, 1.54) is 30.5 Å². The van der Waals surface area contributed by atoms with Crippen LogP contribution in [0.1, 0.15) is 5.56 Å². The molecule has 11 heteroatoms. The monoisotopic (exact) mass is 482 g/mol. The number of rotatable bonds is 8. The lowest BCUT2D eigenvalue weighted by atomic mass is 10.2. The molecule has 0 unspecified atom stereocenters. The Labute approximate surface area is 197 Å². The highest BCUT2D eigenvalue weighted by atomic mass is 19.4. The number of hydrogen-bond donors (Lipinski definition) is 1. The number of halogens is 4. The van der Waals surface area contributed by atoms with Crippen molar-refractivity contribution in [3.63, 3.8) is 0 Å². The van der Waals surface area contributed by atoms with Gasteiger partial charge in [-0.25, -0.2) is 9.82 Å². The molecule has 0 radical (unpaired) electrons. The molecule has 1 N–H and O–H groups in total. The molecule has 4 rings (SSSR count). The molecule has 178 valence electrons. The number of alkyl halides is 3. The van der Waals surface area contributed by atoms with Crippen LogP contribution in [0.15, 0.2) is 90.0 Å². The van der Waals surface area contributed by atoms with E-state index in [-0.39, 0.29) is 11.9 Å². The Hall–Kier alpha value is -4.54. The van der Waals surface area contributed by atoms with Gasteiger partial charge in [-0.3, -0.25) is 4.90 Å². The number of anilines is 4. The fourth-order valence-corrected chi connectivity index (χ4v) is 2.95. The van der Waals surface area contributed by atoms with Crippen LogP contribution in [0.25, 0.3) is 0 Å². The topological polar surface area (TPSA) is 75.5 Å². The van der Waals surface area contributed by atoms with Crippen LogP contribution in [0.3, 0.4) is 0 Å². The van der Waals surface area contributed by atoms with Crippen molar-refractivity contribution in [1.29, 1.82) is 0 Å².